The Morgan fingerprint density at radius 2 is 2.67 bits per heavy atom. The molecular formula is C5H8S. The van der Waals surface area contributed by atoms with Gasteiger partial charge in [-0.1, -0.05) is 5.57 Å². The Kier molecular flexibility index (Phi) is 1.20. The van der Waals surface area contributed by atoms with E-state index in [0.29, 0.717) is 0 Å². The third kappa shape index (κ3) is 0.777. The van der Waals surface area contributed by atoms with Gasteiger partial charge in [0.15, 0.2) is 0 Å². The van der Waals surface area contributed by atoms with Crippen molar-refractivity contribution >= 4 is 11.8 Å². The summed E-state index contributed by atoms with van der Waals surface area (Å²) in [6.07, 6.45) is 1.31. The predicted octanol–water partition coefficient (Wildman–Crippen LogP) is 2.03. The van der Waals surface area contributed by atoms with Gasteiger partial charge in [-0.2, -0.15) is 0 Å². The van der Waals surface area contributed by atoms with Crippen molar-refractivity contribution < 1.29 is 0 Å². The van der Waals surface area contributed by atoms with Gasteiger partial charge in [0.2, 0.25) is 0 Å². The Balaban J connectivity index is 2.45. The van der Waals surface area contributed by atoms with Crippen molar-refractivity contribution in [2.45, 2.75) is 13.3 Å². The van der Waals surface area contributed by atoms with E-state index in [9.17, 15) is 0 Å². The van der Waals surface area contributed by atoms with Gasteiger partial charge in [-0.05, 0) is 18.8 Å². The molecule has 0 unspecified atom stereocenters. The van der Waals surface area contributed by atoms with Crippen LogP contribution >= 0.6 is 11.8 Å². The van der Waals surface area contributed by atoms with Crippen molar-refractivity contribution in [3.8, 4) is 0 Å². The van der Waals surface area contributed by atoms with Crippen LogP contribution in [0, 0.1) is 0 Å². The lowest BCUT2D eigenvalue weighted by atomic mass is 10.3. The molecule has 0 aliphatic carbocycles. The Bertz CT molecular complexity index is 74.0. The van der Waals surface area contributed by atoms with Crippen molar-refractivity contribution in [3.05, 3.63) is 11.0 Å². The second-order valence-electron chi connectivity index (χ2n) is 1.58. The quantitative estimate of drug-likeness (QED) is 0.449. The molecule has 0 aromatic heterocycles. The molecule has 0 atom stereocenters. The Labute approximate surface area is 42.6 Å². The molecule has 34 valence electrons. The third-order valence-electron chi connectivity index (χ3n) is 0.899. The zero-order valence-electron chi connectivity index (χ0n) is 3.90. The summed E-state index contributed by atoms with van der Waals surface area (Å²) in [6.45, 7) is 2.18. The number of thioether (sulfide) groups is 1. The first-order chi connectivity index (χ1) is 2.89. The van der Waals surface area contributed by atoms with E-state index in [1.807, 2.05) is 11.8 Å². The van der Waals surface area contributed by atoms with E-state index < -0.39 is 0 Å². The highest BCUT2D eigenvalue weighted by Gasteiger charge is 1.95. The first-order valence-corrected chi connectivity index (χ1v) is 3.22. The van der Waals surface area contributed by atoms with E-state index in [-0.39, 0.29) is 0 Å². The monoisotopic (exact) mass is 100 g/mol. The predicted molar refractivity (Wildman–Crippen MR) is 30.8 cm³/mol. The lowest BCUT2D eigenvalue weighted by molar-refractivity contribution is 1.15. The van der Waals surface area contributed by atoms with Crippen LogP contribution in [0.5, 0.6) is 0 Å². The Morgan fingerprint density at radius 3 is 2.83 bits per heavy atom. The maximum atomic E-state index is 2.24. The van der Waals surface area contributed by atoms with E-state index in [1.54, 1.807) is 5.57 Å². The maximum Gasteiger partial charge on any atom is 0.00115 e. The Morgan fingerprint density at radius 1 is 1.83 bits per heavy atom. The largest absolute Gasteiger partial charge is 0.134 e. The molecule has 0 aromatic carbocycles. The van der Waals surface area contributed by atoms with Gasteiger partial charge < -0.3 is 0 Å². The second kappa shape index (κ2) is 1.69. The third-order valence-corrected chi connectivity index (χ3v) is 1.91. The highest BCUT2D eigenvalue weighted by Crippen LogP contribution is 2.19. The van der Waals surface area contributed by atoms with Crippen molar-refractivity contribution in [2.75, 3.05) is 5.75 Å². The molecule has 0 saturated heterocycles. The van der Waals surface area contributed by atoms with E-state index in [0.717, 1.165) is 0 Å². The van der Waals surface area contributed by atoms with Crippen LogP contribution < -0.4 is 0 Å². The van der Waals surface area contributed by atoms with Crippen LogP contribution in [0.1, 0.15) is 13.3 Å². The minimum absolute atomic E-state index is 1.31. The summed E-state index contributed by atoms with van der Waals surface area (Å²) in [5.74, 6) is 1.31. The normalized spacial score (nSPS) is 21.2. The number of hydrogen-bond donors (Lipinski definition) is 0. The molecule has 0 fully saturated rings. The van der Waals surface area contributed by atoms with Crippen molar-refractivity contribution in [2.24, 2.45) is 0 Å². The summed E-state index contributed by atoms with van der Waals surface area (Å²) in [6, 6.07) is 0. The number of allylic oxidation sites excluding steroid dienone is 1. The van der Waals surface area contributed by atoms with Gasteiger partial charge in [-0.15, -0.1) is 11.8 Å². The van der Waals surface area contributed by atoms with Crippen LogP contribution in [0.3, 0.4) is 0 Å². The summed E-state index contributed by atoms with van der Waals surface area (Å²) in [4.78, 5) is 0. The van der Waals surface area contributed by atoms with Gasteiger partial charge in [0, 0.05) is 5.75 Å². The summed E-state index contributed by atoms with van der Waals surface area (Å²) < 4.78 is 0. The molecule has 0 N–H and O–H groups in total. The van der Waals surface area contributed by atoms with Gasteiger partial charge in [0.05, 0.1) is 0 Å². The van der Waals surface area contributed by atoms with E-state index >= 15 is 0 Å². The smallest absolute Gasteiger partial charge is 0.00115 e. The average molecular weight is 100 g/mol. The maximum absolute atomic E-state index is 2.24. The fourth-order valence-corrected chi connectivity index (χ4v) is 1.44. The molecule has 0 saturated carbocycles. The highest BCUT2D eigenvalue weighted by atomic mass is 32.2. The van der Waals surface area contributed by atoms with Crippen LogP contribution in [-0.4, -0.2) is 5.75 Å². The molecule has 0 radical (unpaired) electrons. The van der Waals surface area contributed by atoms with Gasteiger partial charge in [-0.3, -0.25) is 0 Å². The first kappa shape index (κ1) is 4.25. The molecule has 0 bridgehead atoms. The van der Waals surface area contributed by atoms with Gasteiger partial charge in [-0.25, -0.2) is 0 Å². The molecule has 1 aliphatic heterocycles. The summed E-state index contributed by atoms with van der Waals surface area (Å²) in [5.41, 5.74) is 1.54. The Hall–Kier alpha value is 0.0900. The molecular weight excluding hydrogens is 92.1 g/mol. The molecule has 0 spiro atoms. The van der Waals surface area contributed by atoms with Crippen molar-refractivity contribution in [3.63, 3.8) is 0 Å². The van der Waals surface area contributed by atoms with E-state index in [2.05, 4.69) is 12.3 Å². The SMILES string of the molecule is CC1=CSCC1. The summed E-state index contributed by atoms with van der Waals surface area (Å²) in [5, 5.41) is 2.24. The molecule has 0 nitrogen and oxygen atoms in total. The fraction of sp³-hybridized carbons (Fsp3) is 0.600. The topological polar surface area (TPSA) is 0 Å². The second-order valence-corrected chi connectivity index (χ2v) is 2.56. The van der Waals surface area contributed by atoms with Crippen LogP contribution in [-0.2, 0) is 0 Å². The lowest BCUT2D eigenvalue weighted by Gasteiger charge is -1.78. The number of hydrogen-bond acceptors (Lipinski definition) is 1. The van der Waals surface area contributed by atoms with Gasteiger partial charge >= 0.3 is 0 Å². The van der Waals surface area contributed by atoms with Crippen LogP contribution in [0.15, 0.2) is 11.0 Å². The first-order valence-electron chi connectivity index (χ1n) is 2.17. The van der Waals surface area contributed by atoms with Crippen LogP contribution in [0.25, 0.3) is 0 Å². The van der Waals surface area contributed by atoms with E-state index in [1.165, 1.54) is 12.2 Å². The minimum Gasteiger partial charge on any atom is -0.134 e. The van der Waals surface area contributed by atoms with Crippen molar-refractivity contribution in [1.82, 2.24) is 0 Å². The zero-order valence-corrected chi connectivity index (χ0v) is 4.72. The van der Waals surface area contributed by atoms with Gasteiger partial charge in [0.1, 0.15) is 0 Å². The molecule has 1 heterocycles. The summed E-state index contributed by atoms with van der Waals surface area (Å²) in [7, 11) is 0. The van der Waals surface area contributed by atoms with Crippen LogP contribution in [0.2, 0.25) is 0 Å². The summed E-state index contributed by atoms with van der Waals surface area (Å²) >= 11 is 1.92. The molecule has 1 heteroatoms. The average Bonchev–Trinajstić information content (AvgIpc) is 1.86. The molecule has 6 heavy (non-hydrogen) atoms. The van der Waals surface area contributed by atoms with E-state index in [4.69, 9.17) is 0 Å². The fourth-order valence-electron chi connectivity index (χ4n) is 0.480. The molecule has 1 aliphatic rings. The molecule has 0 amide bonds. The van der Waals surface area contributed by atoms with Gasteiger partial charge in [0.25, 0.3) is 0 Å². The lowest BCUT2D eigenvalue weighted by Crippen LogP contribution is -1.66. The standard InChI is InChI=1S/C5H8S/c1-5-2-3-6-4-5/h4H,2-3H2,1H3. The zero-order chi connectivity index (χ0) is 4.41. The number of rotatable bonds is 0. The molecule has 1 rings (SSSR count). The van der Waals surface area contributed by atoms with Crippen LogP contribution in [0.4, 0.5) is 0 Å². The molecule has 0 aromatic rings. The van der Waals surface area contributed by atoms with Crippen molar-refractivity contribution in [1.29, 1.82) is 0 Å². The minimum atomic E-state index is 1.31. The highest BCUT2D eigenvalue weighted by molar-refractivity contribution is 8.02.